The van der Waals surface area contributed by atoms with Crippen LogP contribution >= 0.6 is 27.5 Å². The average Bonchev–Trinajstić information content (AvgIpc) is 2.76. The van der Waals surface area contributed by atoms with Crippen LogP contribution in [-0.4, -0.2) is 7.11 Å². The van der Waals surface area contributed by atoms with Gasteiger partial charge in [0.05, 0.1) is 16.6 Å². The second-order valence-corrected chi connectivity index (χ2v) is 8.20. The molecule has 0 heterocycles. The summed E-state index contributed by atoms with van der Waals surface area (Å²) in [5.41, 5.74) is 4.48. The van der Waals surface area contributed by atoms with Crippen LogP contribution in [0.2, 0.25) is 5.02 Å². The number of hydrogen-bond donors (Lipinski definition) is 0. The highest BCUT2D eigenvalue weighted by Gasteiger charge is 2.20. The summed E-state index contributed by atoms with van der Waals surface area (Å²) in [5, 5.41) is 0.464. The largest absolute Gasteiger partial charge is 0.495 e. The molecule has 1 nitrogen and oxygen atoms in total. The molecule has 29 heavy (non-hydrogen) atoms. The van der Waals surface area contributed by atoms with Crippen LogP contribution in [0.5, 0.6) is 5.75 Å². The molecular weight excluding hydrogens is 451 g/mol. The molecule has 0 spiro atoms. The highest BCUT2D eigenvalue weighted by molar-refractivity contribution is 9.10. The molecule has 1 atom stereocenters. The van der Waals surface area contributed by atoms with Gasteiger partial charge in [-0.05, 0) is 57.2 Å². The number of methoxy groups -OCH3 is 1. The second kappa shape index (κ2) is 8.56. The number of ether oxygens (including phenoxy) is 1. The van der Waals surface area contributed by atoms with E-state index in [1.807, 2.05) is 18.2 Å². The lowest BCUT2D eigenvalue weighted by atomic mass is 9.85. The molecule has 4 rings (SSSR count). The number of hydrogen-bond acceptors (Lipinski definition) is 1. The number of benzene rings is 3. The Morgan fingerprint density at radius 1 is 1.03 bits per heavy atom. The number of allylic oxidation sites excluding steroid dienone is 4. The van der Waals surface area contributed by atoms with E-state index in [1.54, 1.807) is 25.3 Å². The minimum atomic E-state index is -0.335. The zero-order valence-corrected chi connectivity index (χ0v) is 18.2. The monoisotopic (exact) mass is 468 g/mol. The Hall–Kier alpha value is -2.36. The smallest absolute Gasteiger partial charge is 0.145 e. The van der Waals surface area contributed by atoms with Crippen molar-refractivity contribution in [2.45, 2.75) is 12.3 Å². The molecule has 1 aliphatic carbocycles. The van der Waals surface area contributed by atoms with Crippen molar-refractivity contribution in [1.29, 1.82) is 0 Å². The van der Waals surface area contributed by atoms with E-state index in [4.69, 9.17) is 16.3 Å². The summed E-state index contributed by atoms with van der Waals surface area (Å²) < 4.78 is 20.7. The van der Waals surface area contributed by atoms with Gasteiger partial charge in [-0.3, -0.25) is 0 Å². The van der Waals surface area contributed by atoms with Gasteiger partial charge in [0.2, 0.25) is 0 Å². The summed E-state index contributed by atoms with van der Waals surface area (Å²) in [6, 6.07) is 19.5. The van der Waals surface area contributed by atoms with Crippen LogP contribution in [0.3, 0.4) is 0 Å². The lowest BCUT2D eigenvalue weighted by Gasteiger charge is -2.21. The average molecular weight is 470 g/mol. The van der Waals surface area contributed by atoms with Gasteiger partial charge in [-0.1, -0.05) is 72.3 Å². The highest BCUT2D eigenvalue weighted by atomic mass is 79.9. The zero-order chi connectivity index (χ0) is 20.4. The van der Waals surface area contributed by atoms with E-state index in [0.29, 0.717) is 32.3 Å². The predicted octanol–water partition coefficient (Wildman–Crippen LogP) is 8.04. The fourth-order valence-corrected chi connectivity index (χ4v) is 4.38. The summed E-state index contributed by atoms with van der Waals surface area (Å²) in [4.78, 5) is 0. The standard InChI is InChI=1S/C25H19BrClFO/c1-29-25-21(20-11-6-12-22(26)24(20)28)14-19(15-23(25)27)18-10-5-9-17(13-18)16-7-3-2-4-8-16/h2-12,14-15,17H,13H2,1H3. The van der Waals surface area contributed by atoms with E-state index in [1.165, 1.54) is 5.56 Å². The van der Waals surface area contributed by atoms with Crippen molar-refractivity contribution in [2.75, 3.05) is 7.11 Å². The van der Waals surface area contributed by atoms with Crippen molar-refractivity contribution in [3.05, 3.63) is 105 Å². The van der Waals surface area contributed by atoms with Crippen molar-refractivity contribution in [1.82, 2.24) is 0 Å². The van der Waals surface area contributed by atoms with Gasteiger partial charge in [0.25, 0.3) is 0 Å². The number of halogens is 3. The predicted molar refractivity (Wildman–Crippen MR) is 122 cm³/mol. The first-order chi connectivity index (χ1) is 14.1. The van der Waals surface area contributed by atoms with Gasteiger partial charge in [0, 0.05) is 17.0 Å². The first-order valence-electron chi connectivity index (χ1n) is 9.33. The van der Waals surface area contributed by atoms with E-state index in [9.17, 15) is 4.39 Å². The summed E-state index contributed by atoms with van der Waals surface area (Å²) in [7, 11) is 1.55. The fourth-order valence-electron chi connectivity index (χ4n) is 3.72. The van der Waals surface area contributed by atoms with Crippen LogP contribution in [0.15, 0.2) is 83.4 Å². The van der Waals surface area contributed by atoms with Gasteiger partial charge in [-0.2, -0.15) is 0 Å². The van der Waals surface area contributed by atoms with Crippen molar-refractivity contribution in [3.8, 4) is 16.9 Å². The molecule has 0 N–H and O–H groups in total. The number of rotatable bonds is 4. The Bertz CT molecular complexity index is 1110. The van der Waals surface area contributed by atoms with Crippen molar-refractivity contribution in [2.24, 2.45) is 0 Å². The van der Waals surface area contributed by atoms with Gasteiger partial charge in [-0.15, -0.1) is 0 Å². The van der Waals surface area contributed by atoms with E-state index < -0.39 is 0 Å². The molecule has 146 valence electrons. The molecule has 1 unspecified atom stereocenters. The first-order valence-corrected chi connectivity index (χ1v) is 10.5. The van der Waals surface area contributed by atoms with Gasteiger partial charge in [-0.25, -0.2) is 4.39 Å². The second-order valence-electron chi connectivity index (χ2n) is 6.94. The van der Waals surface area contributed by atoms with Crippen molar-refractivity contribution >= 4 is 33.1 Å². The first kappa shape index (κ1) is 19.9. The quantitative estimate of drug-likeness (QED) is 0.375. The molecule has 4 heteroatoms. The van der Waals surface area contributed by atoms with Crippen LogP contribution in [0.4, 0.5) is 4.39 Å². The van der Waals surface area contributed by atoms with Crippen molar-refractivity contribution < 1.29 is 9.13 Å². The van der Waals surface area contributed by atoms with Crippen LogP contribution in [-0.2, 0) is 0 Å². The fraction of sp³-hybridized carbons (Fsp3) is 0.120. The molecule has 0 bridgehead atoms. The molecule has 0 fully saturated rings. The third kappa shape index (κ3) is 4.03. The van der Waals surface area contributed by atoms with Gasteiger partial charge >= 0.3 is 0 Å². The summed E-state index contributed by atoms with van der Waals surface area (Å²) >= 11 is 9.81. The Labute approximate surface area is 183 Å². The SMILES string of the molecule is COc1c(Cl)cc(C2=CC=CC(c3ccccc3)C2)cc1-c1cccc(Br)c1F. The minimum Gasteiger partial charge on any atom is -0.495 e. The van der Waals surface area contributed by atoms with E-state index in [-0.39, 0.29) is 5.82 Å². The van der Waals surface area contributed by atoms with E-state index in [2.05, 4.69) is 58.4 Å². The molecule has 1 aliphatic rings. The summed E-state index contributed by atoms with van der Waals surface area (Å²) in [5.74, 6) is 0.431. The third-order valence-corrected chi connectivity index (χ3v) is 6.06. The third-order valence-electron chi connectivity index (χ3n) is 5.17. The molecular formula is C25H19BrClFO. The zero-order valence-electron chi connectivity index (χ0n) is 15.8. The maximum atomic E-state index is 14.8. The molecule has 0 saturated carbocycles. The topological polar surface area (TPSA) is 9.23 Å². The lowest BCUT2D eigenvalue weighted by Crippen LogP contribution is -2.02. The highest BCUT2D eigenvalue weighted by Crippen LogP contribution is 2.43. The maximum Gasteiger partial charge on any atom is 0.145 e. The molecule has 0 aliphatic heterocycles. The molecule has 0 amide bonds. The minimum absolute atomic E-state index is 0.295. The Balaban J connectivity index is 1.78. The normalized spacial score (nSPS) is 15.9. The van der Waals surface area contributed by atoms with Gasteiger partial charge in [0.1, 0.15) is 11.6 Å². The van der Waals surface area contributed by atoms with Gasteiger partial charge in [0.15, 0.2) is 0 Å². The molecule has 3 aromatic rings. The van der Waals surface area contributed by atoms with E-state index >= 15 is 0 Å². The maximum absolute atomic E-state index is 14.8. The summed E-state index contributed by atoms with van der Waals surface area (Å²) in [6.07, 6.45) is 7.23. The van der Waals surface area contributed by atoms with Crippen molar-refractivity contribution in [3.63, 3.8) is 0 Å². The molecule has 0 aromatic heterocycles. The van der Waals surface area contributed by atoms with Crippen LogP contribution < -0.4 is 4.74 Å². The van der Waals surface area contributed by atoms with Crippen LogP contribution in [0.25, 0.3) is 16.7 Å². The van der Waals surface area contributed by atoms with E-state index in [0.717, 1.165) is 17.6 Å². The summed E-state index contributed by atoms with van der Waals surface area (Å²) in [6.45, 7) is 0. The Kier molecular flexibility index (Phi) is 5.89. The lowest BCUT2D eigenvalue weighted by molar-refractivity contribution is 0.416. The van der Waals surface area contributed by atoms with Gasteiger partial charge < -0.3 is 4.74 Å². The van der Waals surface area contributed by atoms with Crippen LogP contribution in [0, 0.1) is 5.82 Å². The molecule has 0 radical (unpaired) electrons. The molecule has 3 aromatic carbocycles. The van der Waals surface area contributed by atoms with Crippen LogP contribution in [0.1, 0.15) is 23.5 Å². The Morgan fingerprint density at radius 3 is 2.59 bits per heavy atom. The Morgan fingerprint density at radius 2 is 1.83 bits per heavy atom. The molecule has 0 saturated heterocycles.